The quantitative estimate of drug-likeness (QED) is 0.130. The summed E-state index contributed by atoms with van der Waals surface area (Å²) < 4.78 is 74.5. The van der Waals surface area contributed by atoms with Gasteiger partial charge in [-0.1, -0.05) is 0 Å². The molecule has 0 atom stereocenters. The summed E-state index contributed by atoms with van der Waals surface area (Å²) >= 11 is 0. The summed E-state index contributed by atoms with van der Waals surface area (Å²) in [6.07, 6.45) is 9.68. The minimum atomic E-state index is -0.879. The predicted octanol–water partition coefficient (Wildman–Crippen LogP) is 8.08. The maximum absolute atomic E-state index is 14.6. The zero-order chi connectivity index (χ0) is 49.7. The average Bonchev–Trinajstić information content (AvgIpc) is 4.16. The van der Waals surface area contributed by atoms with Gasteiger partial charge in [0.05, 0.1) is 23.7 Å². The van der Waals surface area contributed by atoms with Crippen LogP contribution in [0.3, 0.4) is 0 Å². The van der Waals surface area contributed by atoms with Gasteiger partial charge in [-0.2, -0.15) is 0 Å². The summed E-state index contributed by atoms with van der Waals surface area (Å²) in [5.74, 6) is -3.47. The molecule has 0 aliphatic heterocycles. The van der Waals surface area contributed by atoms with Crippen LogP contribution in [0.25, 0.3) is 66.1 Å². The highest BCUT2D eigenvalue weighted by Crippen LogP contribution is 2.43. The number of ether oxygens (including phenoxy) is 2. The van der Waals surface area contributed by atoms with Crippen LogP contribution >= 0.6 is 0 Å². The fraction of sp³-hybridized carbons (Fsp3) is 0.160. The van der Waals surface area contributed by atoms with E-state index in [1.54, 1.807) is 113 Å². The van der Waals surface area contributed by atoms with Gasteiger partial charge in [0.25, 0.3) is 11.1 Å². The number of aryl methyl sites for hydroxylation is 2. The second-order valence-corrected chi connectivity index (χ2v) is 16.7. The van der Waals surface area contributed by atoms with E-state index in [4.69, 9.17) is 9.47 Å². The Balaban J connectivity index is 0.000000174. The molecule has 0 saturated heterocycles. The highest BCUT2D eigenvalue weighted by atomic mass is 19.1. The molecule has 356 valence electrons. The number of hydrogen-bond acceptors (Lipinski definition) is 8. The van der Waals surface area contributed by atoms with Gasteiger partial charge in [0, 0.05) is 112 Å². The Hall–Kier alpha value is -8.94. The third kappa shape index (κ3) is 8.50. The molecule has 0 fully saturated rings. The van der Waals surface area contributed by atoms with Gasteiger partial charge in [0.2, 0.25) is 11.8 Å². The molecule has 2 amide bonds. The van der Waals surface area contributed by atoms with Crippen LogP contribution in [-0.2, 0) is 36.8 Å². The molecule has 6 aromatic heterocycles. The van der Waals surface area contributed by atoms with Crippen molar-refractivity contribution in [3.63, 3.8) is 0 Å². The number of fused-ring (bicyclic) bond motifs is 4. The SMILES string of the molecule is CN(C)C(=O)Cn1cnc2c(Oc3ccc(F)cc3F)c(-c3cn(C)c(=O)c4[nH]ccc34)ccc21.CN(C)C(=O)Cn1cnc2ccc(-c3cn(C)c(=O)c4[nH]ccc34)c(Oc3ccc(F)cc3F)c21. The Labute approximate surface area is 394 Å². The number of aromatic amines is 2. The summed E-state index contributed by atoms with van der Waals surface area (Å²) in [6, 6.07) is 16.7. The molecule has 20 heteroatoms. The maximum atomic E-state index is 14.6. The van der Waals surface area contributed by atoms with E-state index in [2.05, 4.69) is 19.9 Å². The first-order chi connectivity index (χ1) is 33.5. The molecule has 10 aromatic rings. The van der Waals surface area contributed by atoms with E-state index < -0.39 is 23.3 Å². The van der Waals surface area contributed by atoms with Crippen LogP contribution in [-0.4, -0.2) is 88.0 Å². The number of carbonyl (C=O) groups excluding carboxylic acids is 2. The van der Waals surface area contributed by atoms with Crippen LogP contribution in [0, 0.1) is 23.3 Å². The van der Waals surface area contributed by atoms with Gasteiger partial charge in [-0.3, -0.25) is 19.2 Å². The number of aromatic nitrogens is 8. The molecule has 0 saturated carbocycles. The lowest BCUT2D eigenvalue weighted by atomic mass is 10.0. The third-order valence-corrected chi connectivity index (χ3v) is 11.7. The van der Waals surface area contributed by atoms with Gasteiger partial charge in [0.1, 0.15) is 46.8 Å². The number of likely N-dealkylation sites (N-methyl/N-ethyl adjacent to an activating group) is 2. The van der Waals surface area contributed by atoms with Gasteiger partial charge in [0.15, 0.2) is 34.6 Å². The van der Waals surface area contributed by atoms with E-state index in [0.29, 0.717) is 66.1 Å². The van der Waals surface area contributed by atoms with E-state index in [1.807, 2.05) is 0 Å². The Morgan fingerprint density at radius 3 is 1.61 bits per heavy atom. The fourth-order valence-corrected chi connectivity index (χ4v) is 7.99. The molecule has 4 aromatic carbocycles. The largest absolute Gasteiger partial charge is 0.451 e. The summed E-state index contributed by atoms with van der Waals surface area (Å²) in [7, 11) is 9.87. The van der Waals surface area contributed by atoms with E-state index in [9.17, 15) is 36.7 Å². The molecule has 6 heterocycles. The van der Waals surface area contributed by atoms with Crippen molar-refractivity contribution in [1.82, 2.24) is 48.0 Å². The standard InChI is InChI=1S/2C25H21F2N5O3/c1-30(2)21(33)12-32-13-29-23-19(32)6-5-16(24(23)35-20-7-4-14(26)10-18(20)27)17-11-31(3)25(34)22-15(17)8-9-28-22;1-30(2)21(33)12-32-13-29-19-6-5-16(17-11-31(3)25(34)22-15(17)8-9-28-22)24(23(19)32)35-20-7-4-14(26)10-18(20)27/h2*4-11,13,28H,12H2,1-3H3. The number of pyridine rings is 2. The molecule has 10 rings (SSSR count). The lowest BCUT2D eigenvalue weighted by Crippen LogP contribution is -2.26. The van der Waals surface area contributed by atoms with Crippen molar-refractivity contribution < 1.29 is 36.6 Å². The first-order valence-corrected chi connectivity index (χ1v) is 21.4. The molecular weight excluding hydrogens is 913 g/mol. The first kappa shape index (κ1) is 46.2. The molecule has 0 spiro atoms. The Morgan fingerprint density at radius 2 is 1.09 bits per heavy atom. The molecule has 70 heavy (non-hydrogen) atoms. The molecule has 0 unspecified atom stereocenters. The van der Waals surface area contributed by atoms with E-state index >= 15 is 0 Å². The summed E-state index contributed by atoms with van der Waals surface area (Å²) in [5, 5.41) is 1.30. The normalized spacial score (nSPS) is 11.3. The third-order valence-electron chi connectivity index (χ3n) is 11.7. The molecule has 0 radical (unpaired) electrons. The first-order valence-electron chi connectivity index (χ1n) is 21.4. The number of nitrogens with one attached hydrogen (secondary N) is 2. The topological polar surface area (TPSA) is 170 Å². The molecular formula is C50H42F4N10O6. The van der Waals surface area contributed by atoms with Gasteiger partial charge in [-0.25, -0.2) is 27.5 Å². The molecule has 16 nitrogen and oxygen atoms in total. The monoisotopic (exact) mass is 954 g/mol. The number of carbonyl (C=O) groups is 2. The summed E-state index contributed by atoms with van der Waals surface area (Å²) in [4.78, 5) is 67.6. The van der Waals surface area contributed by atoms with Crippen molar-refractivity contribution in [2.24, 2.45) is 14.1 Å². The minimum absolute atomic E-state index is 0.0257. The number of nitrogens with zero attached hydrogens (tertiary/aromatic N) is 8. The summed E-state index contributed by atoms with van der Waals surface area (Å²) in [6.45, 7) is 0.0249. The average molecular weight is 955 g/mol. The highest BCUT2D eigenvalue weighted by Gasteiger charge is 2.24. The second kappa shape index (κ2) is 18.3. The van der Waals surface area contributed by atoms with Crippen molar-refractivity contribution in [3.05, 3.63) is 154 Å². The molecule has 2 N–H and O–H groups in total. The van der Waals surface area contributed by atoms with Crippen LogP contribution in [0.15, 0.2) is 120 Å². The number of amides is 2. The Bertz CT molecular complexity index is 3830. The number of hydrogen-bond donors (Lipinski definition) is 2. The number of halogens is 4. The lowest BCUT2D eigenvalue weighted by Gasteiger charge is -2.17. The predicted molar refractivity (Wildman–Crippen MR) is 255 cm³/mol. The van der Waals surface area contributed by atoms with Crippen molar-refractivity contribution in [1.29, 1.82) is 0 Å². The van der Waals surface area contributed by atoms with Crippen LogP contribution in [0.4, 0.5) is 17.6 Å². The zero-order valence-electron chi connectivity index (χ0n) is 38.3. The molecule has 0 aliphatic rings. The molecule has 0 bridgehead atoms. The maximum Gasteiger partial charge on any atom is 0.274 e. The molecule has 0 aliphatic carbocycles. The summed E-state index contributed by atoms with van der Waals surface area (Å²) in [5.41, 5.74) is 4.75. The van der Waals surface area contributed by atoms with Gasteiger partial charge >= 0.3 is 0 Å². The van der Waals surface area contributed by atoms with Crippen LogP contribution in [0.5, 0.6) is 23.0 Å². The lowest BCUT2D eigenvalue weighted by molar-refractivity contribution is -0.130. The van der Waals surface area contributed by atoms with Crippen LogP contribution < -0.4 is 20.6 Å². The van der Waals surface area contributed by atoms with E-state index in [1.165, 1.54) is 43.7 Å². The highest BCUT2D eigenvalue weighted by molar-refractivity contribution is 6.02. The van der Waals surface area contributed by atoms with E-state index in [0.717, 1.165) is 24.3 Å². The number of benzene rings is 4. The van der Waals surface area contributed by atoms with Gasteiger partial charge < -0.3 is 47.5 Å². The smallest absolute Gasteiger partial charge is 0.274 e. The van der Waals surface area contributed by atoms with Gasteiger partial charge in [-0.15, -0.1) is 0 Å². The van der Waals surface area contributed by atoms with Crippen molar-refractivity contribution in [2.75, 3.05) is 28.2 Å². The van der Waals surface area contributed by atoms with Gasteiger partial charge in [-0.05, 0) is 60.7 Å². The van der Waals surface area contributed by atoms with Crippen molar-refractivity contribution in [3.8, 4) is 45.3 Å². The second-order valence-electron chi connectivity index (χ2n) is 16.7. The number of imidazole rings is 2. The number of H-pyrrole nitrogens is 2. The van der Waals surface area contributed by atoms with Crippen LogP contribution in [0.2, 0.25) is 0 Å². The van der Waals surface area contributed by atoms with E-state index in [-0.39, 0.29) is 59.0 Å². The minimum Gasteiger partial charge on any atom is -0.451 e. The Morgan fingerprint density at radius 1 is 0.600 bits per heavy atom. The zero-order valence-corrected chi connectivity index (χ0v) is 38.3. The van der Waals surface area contributed by atoms with Crippen molar-refractivity contribution in [2.45, 2.75) is 13.1 Å². The van der Waals surface area contributed by atoms with Crippen LogP contribution in [0.1, 0.15) is 0 Å². The van der Waals surface area contributed by atoms with Crippen molar-refractivity contribution >= 4 is 55.7 Å². The fourth-order valence-electron chi connectivity index (χ4n) is 7.99. The Kier molecular flexibility index (Phi) is 12.1. The number of rotatable bonds is 10.